The van der Waals surface area contributed by atoms with Crippen LogP contribution in [-0.4, -0.2) is 6.10 Å². The summed E-state index contributed by atoms with van der Waals surface area (Å²) in [6.45, 7) is 2.01. The molecular weight excluding hydrogens is 192 g/mol. The van der Waals surface area contributed by atoms with Gasteiger partial charge in [0.2, 0.25) is 0 Å². The molecular formula is C12H10O3. The number of fused-ring (bicyclic) bond motifs is 2. The van der Waals surface area contributed by atoms with Crippen LogP contribution in [-0.2, 0) is 4.74 Å². The number of ether oxygens (including phenoxy) is 1. The summed E-state index contributed by atoms with van der Waals surface area (Å²) in [4.78, 5) is 11.1. The fraction of sp³-hybridized carbons (Fsp3) is 0.250. The van der Waals surface area contributed by atoms with Crippen LogP contribution in [0.15, 0.2) is 39.3 Å². The molecule has 2 aliphatic rings. The van der Waals surface area contributed by atoms with Crippen molar-refractivity contribution in [2.24, 2.45) is 0 Å². The summed E-state index contributed by atoms with van der Waals surface area (Å²) >= 11 is 0. The molecule has 1 aromatic rings. The Bertz CT molecular complexity index is 522. The van der Waals surface area contributed by atoms with Crippen LogP contribution >= 0.6 is 0 Å². The van der Waals surface area contributed by atoms with Crippen molar-refractivity contribution in [1.82, 2.24) is 0 Å². The van der Waals surface area contributed by atoms with Crippen LogP contribution in [0, 0.1) is 0 Å². The normalized spacial score (nSPS) is 26.6. The van der Waals surface area contributed by atoms with Crippen LogP contribution in [0.2, 0.25) is 0 Å². The molecule has 0 spiro atoms. The van der Waals surface area contributed by atoms with Gasteiger partial charge in [-0.2, -0.15) is 0 Å². The van der Waals surface area contributed by atoms with E-state index in [1.165, 1.54) is 6.07 Å². The maximum atomic E-state index is 11.1. The third kappa shape index (κ3) is 1.16. The van der Waals surface area contributed by atoms with Crippen LogP contribution < -0.4 is 5.63 Å². The minimum atomic E-state index is -0.302. The minimum absolute atomic E-state index is 0.00282. The van der Waals surface area contributed by atoms with Crippen molar-refractivity contribution in [3.05, 3.63) is 51.8 Å². The molecule has 15 heavy (non-hydrogen) atoms. The molecule has 0 saturated heterocycles. The van der Waals surface area contributed by atoms with Gasteiger partial charge < -0.3 is 9.15 Å². The fourth-order valence-corrected chi connectivity index (χ4v) is 2.15. The lowest BCUT2D eigenvalue weighted by atomic mass is 9.87. The minimum Gasteiger partial charge on any atom is -0.493 e. The Morgan fingerprint density at radius 2 is 2.20 bits per heavy atom. The van der Waals surface area contributed by atoms with Gasteiger partial charge in [0.25, 0.3) is 0 Å². The highest BCUT2D eigenvalue weighted by molar-refractivity contribution is 5.63. The second-order valence-electron chi connectivity index (χ2n) is 3.87. The van der Waals surface area contributed by atoms with Crippen molar-refractivity contribution in [1.29, 1.82) is 0 Å². The van der Waals surface area contributed by atoms with Gasteiger partial charge in [-0.3, -0.25) is 0 Å². The van der Waals surface area contributed by atoms with Gasteiger partial charge in [0.1, 0.15) is 11.9 Å². The Kier molecular flexibility index (Phi) is 1.63. The van der Waals surface area contributed by atoms with Gasteiger partial charge in [-0.05, 0) is 23.8 Å². The molecule has 0 radical (unpaired) electrons. The molecule has 0 aromatic carbocycles. The molecule has 3 heteroatoms. The van der Waals surface area contributed by atoms with E-state index in [9.17, 15) is 4.79 Å². The highest BCUT2D eigenvalue weighted by Crippen LogP contribution is 2.37. The highest BCUT2D eigenvalue weighted by atomic mass is 16.5. The number of hydrogen-bond donors (Lipinski definition) is 0. The second kappa shape index (κ2) is 2.86. The van der Waals surface area contributed by atoms with Crippen molar-refractivity contribution in [3.63, 3.8) is 0 Å². The molecule has 3 rings (SSSR count). The second-order valence-corrected chi connectivity index (χ2v) is 3.87. The first-order chi connectivity index (χ1) is 7.25. The van der Waals surface area contributed by atoms with E-state index < -0.39 is 0 Å². The smallest absolute Gasteiger partial charge is 0.335 e. The Labute approximate surface area is 86.7 Å². The lowest BCUT2D eigenvalue weighted by Gasteiger charge is -2.24. The third-order valence-corrected chi connectivity index (χ3v) is 2.90. The van der Waals surface area contributed by atoms with Crippen molar-refractivity contribution in [3.8, 4) is 0 Å². The summed E-state index contributed by atoms with van der Waals surface area (Å²) in [7, 11) is 0. The van der Waals surface area contributed by atoms with Gasteiger partial charge in [-0.1, -0.05) is 6.92 Å². The van der Waals surface area contributed by atoms with E-state index in [0.717, 1.165) is 16.9 Å². The molecule has 0 amide bonds. The van der Waals surface area contributed by atoms with Crippen molar-refractivity contribution < 1.29 is 9.15 Å². The van der Waals surface area contributed by atoms with Gasteiger partial charge >= 0.3 is 5.63 Å². The average molecular weight is 202 g/mol. The Morgan fingerprint density at radius 3 is 3.07 bits per heavy atom. The summed E-state index contributed by atoms with van der Waals surface area (Å²) < 4.78 is 10.7. The zero-order valence-corrected chi connectivity index (χ0v) is 8.27. The lowest BCUT2D eigenvalue weighted by molar-refractivity contribution is 0.160. The monoisotopic (exact) mass is 202 g/mol. The Morgan fingerprint density at radius 1 is 1.33 bits per heavy atom. The molecule has 0 fully saturated rings. The van der Waals surface area contributed by atoms with Gasteiger partial charge in [0.15, 0.2) is 0 Å². The van der Waals surface area contributed by atoms with Gasteiger partial charge in [-0.15, -0.1) is 0 Å². The van der Waals surface area contributed by atoms with Gasteiger partial charge in [0.05, 0.1) is 12.2 Å². The van der Waals surface area contributed by atoms with Crippen molar-refractivity contribution >= 4 is 6.08 Å². The van der Waals surface area contributed by atoms with Crippen molar-refractivity contribution in [2.45, 2.75) is 18.9 Å². The summed E-state index contributed by atoms with van der Waals surface area (Å²) in [5.74, 6) is 0.809. The van der Waals surface area contributed by atoms with E-state index in [-0.39, 0.29) is 17.6 Å². The van der Waals surface area contributed by atoms with Gasteiger partial charge in [0, 0.05) is 11.6 Å². The molecule has 1 aliphatic heterocycles. The Balaban J connectivity index is 2.22. The van der Waals surface area contributed by atoms with E-state index in [1.54, 1.807) is 12.3 Å². The van der Waals surface area contributed by atoms with Crippen LogP contribution in [0.4, 0.5) is 0 Å². The molecule has 0 bridgehead atoms. The Hall–Kier alpha value is -1.77. The first-order valence-corrected chi connectivity index (χ1v) is 4.93. The van der Waals surface area contributed by atoms with E-state index >= 15 is 0 Å². The predicted octanol–water partition coefficient (Wildman–Crippen LogP) is 2.05. The van der Waals surface area contributed by atoms with Gasteiger partial charge in [-0.25, -0.2) is 4.79 Å². The summed E-state index contributed by atoms with van der Waals surface area (Å²) in [6.07, 6.45) is 5.65. The molecule has 1 aliphatic carbocycles. The lowest BCUT2D eigenvalue weighted by Crippen LogP contribution is -2.22. The number of hydrogen-bond acceptors (Lipinski definition) is 3. The quantitative estimate of drug-likeness (QED) is 0.646. The maximum absolute atomic E-state index is 11.1. The molecule has 0 N–H and O–H groups in total. The SMILES string of the molecule is CC1c2oc(=O)ccc2C=C2C=COC21. The molecule has 2 atom stereocenters. The maximum Gasteiger partial charge on any atom is 0.335 e. The predicted molar refractivity (Wildman–Crippen MR) is 55.4 cm³/mol. The van der Waals surface area contributed by atoms with Crippen LogP contribution in [0.3, 0.4) is 0 Å². The zero-order chi connectivity index (χ0) is 10.4. The van der Waals surface area contributed by atoms with E-state index in [1.807, 2.05) is 19.1 Å². The first-order valence-electron chi connectivity index (χ1n) is 4.93. The molecule has 1 aromatic heterocycles. The average Bonchev–Trinajstić information content (AvgIpc) is 2.68. The molecule has 2 heterocycles. The molecule has 2 unspecified atom stereocenters. The zero-order valence-electron chi connectivity index (χ0n) is 8.27. The summed E-state index contributed by atoms with van der Waals surface area (Å²) in [5.41, 5.74) is 1.82. The van der Waals surface area contributed by atoms with Crippen molar-refractivity contribution in [2.75, 3.05) is 0 Å². The first kappa shape index (κ1) is 8.53. The summed E-state index contributed by atoms with van der Waals surface area (Å²) in [6, 6.07) is 3.25. The van der Waals surface area contributed by atoms with E-state index in [4.69, 9.17) is 9.15 Å². The summed E-state index contributed by atoms with van der Waals surface area (Å²) in [5, 5.41) is 0. The van der Waals surface area contributed by atoms with E-state index in [2.05, 4.69) is 0 Å². The topological polar surface area (TPSA) is 39.4 Å². The van der Waals surface area contributed by atoms with Crippen LogP contribution in [0.5, 0.6) is 0 Å². The standard InChI is InChI=1S/C12H10O3/c1-7-11-9(4-5-14-11)6-8-2-3-10(13)15-12(7)8/h2-7,11H,1H3. The van der Waals surface area contributed by atoms with Crippen LogP contribution in [0.1, 0.15) is 24.2 Å². The number of rotatable bonds is 0. The van der Waals surface area contributed by atoms with Crippen LogP contribution in [0.25, 0.3) is 6.08 Å². The third-order valence-electron chi connectivity index (χ3n) is 2.90. The molecule has 0 saturated carbocycles. The fourth-order valence-electron chi connectivity index (χ4n) is 2.15. The molecule has 76 valence electrons. The highest BCUT2D eigenvalue weighted by Gasteiger charge is 2.32. The molecule has 3 nitrogen and oxygen atoms in total. The largest absolute Gasteiger partial charge is 0.493 e. The van der Waals surface area contributed by atoms with E-state index in [0.29, 0.717) is 0 Å².